The van der Waals surface area contributed by atoms with Gasteiger partial charge in [0, 0.05) is 19.0 Å². The largest absolute Gasteiger partial charge is 0.444 e. The predicted octanol–water partition coefficient (Wildman–Crippen LogP) is 3.42. The van der Waals surface area contributed by atoms with Crippen LogP contribution in [0.3, 0.4) is 0 Å². The van der Waals surface area contributed by atoms with E-state index in [2.05, 4.69) is 15.1 Å². The Morgan fingerprint density at radius 3 is 2.77 bits per heavy atom. The molecule has 1 amide bonds. The molecule has 3 heterocycles. The summed E-state index contributed by atoms with van der Waals surface area (Å²) in [4.78, 5) is 21.8. The summed E-state index contributed by atoms with van der Waals surface area (Å²) >= 11 is 0. The number of hydrogen-bond donors (Lipinski definition) is 0. The first-order valence-corrected chi connectivity index (χ1v) is 8.62. The van der Waals surface area contributed by atoms with Crippen molar-refractivity contribution < 1.29 is 18.3 Å². The van der Waals surface area contributed by atoms with Gasteiger partial charge in [-0.05, 0) is 39.2 Å². The monoisotopic (exact) mass is 367 g/mol. The second kappa shape index (κ2) is 6.77. The van der Waals surface area contributed by atoms with Gasteiger partial charge in [0.05, 0.1) is 5.69 Å². The Kier molecular flexibility index (Phi) is 4.81. The molecule has 0 unspecified atom stereocenters. The molecule has 2 atom stereocenters. The highest BCUT2D eigenvalue weighted by Gasteiger charge is 2.34. The quantitative estimate of drug-likeness (QED) is 0.813. The third-order valence-corrected chi connectivity index (χ3v) is 4.51. The summed E-state index contributed by atoms with van der Waals surface area (Å²) in [5.74, 6) is 0.161. The molecule has 9 heteroatoms. The molecule has 0 spiro atoms. The number of nitrogens with zero attached hydrogens (tertiary/aromatic N) is 5. The molecule has 1 aliphatic rings. The van der Waals surface area contributed by atoms with Crippen molar-refractivity contribution in [2.75, 3.05) is 13.1 Å². The van der Waals surface area contributed by atoms with Gasteiger partial charge in [-0.1, -0.05) is 6.92 Å². The van der Waals surface area contributed by atoms with Crippen molar-refractivity contribution in [3.63, 3.8) is 0 Å². The molecule has 2 aromatic heterocycles. The molecule has 3 rings (SSSR count). The van der Waals surface area contributed by atoms with Crippen molar-refractivity contribution in [2.24, 2.45) is 5.92 Å². The van der Waals surface area contributed by atoms with Crippen LogP contribution >= 0.6 is 0 Å². The fraction of sp³-hybridized carbons (Fsp3) is 0.647. The van der Waals surface area contributed by atoms with Crippen LogP contribution in [0.4, 0.5) is 13.6 Å². The highest BCUT2D eigenvalue weighted by atomic mass is 19.3. The van der Waals surface area contributed by atoms with Gasteiger partial charge in [0.15, 0.2) is 0 Å². The molecule has 1 aliphatic heterocycles. The molecule has 0 aromatic carbocycles. The molecule has 0 aliphatic carbocycles. The Balaban J connectivity index is 1.93. The molecule has 0 N–H and O–H groups in total. The van der Waals surface area contributed by atoms with Crippen LogP contribution in [0, 0.1) is 5.92 Å². The number of carbonyl (C=O) groups is 1. The number of ether oxygens (including phenoxy) is 1. The molecule has 0 bridgehead atoms. The molecule has 1 saturated heterocycles. The number of alkyl halides is 2. The van der Waals surface area contributed by atoms with E-state index in [1.54, 1.807) is 4.90 Å². The minimum Gasteiger partial charge on any atom is -0.444 e. The van der Waals surface area contributed by atoms with E-state index >= 15 is 0 Å². The summed E-state index contributed by atoms with van der Waals surface area (Å²) in [6, 6.07) is 1.37. The highest BCUT2D eigenvalue weighted by Crippen LogP contribution is 2.34. The maximum absolute atomic E-state index is 13.2. The van der Waals surface area contributed by atoms with Crippen LogP contribution in [-0.4, -0.2) is 49.3 Å². The van der Waals surface area contributed by atoms with Crippen molar-refractivity contribution in [1.29, 1.82) is 0 Å². The van der Waals surface area contributed by atoms with E-state index in [4.69, 9.17) is 4.74 Å². The Hall–Kier alpha value is -2.32. The standard InChI is InChI=1S/C17H23F2N5O2/c1-10-5-6-23(16(25)26-17(2,3)4)8-11(10)13-7-12(14(18)19)22-15-20-9-21-24(13)15/h7,9-11,14H,5-6,8H2,1-4H3/t10-,11-/m0/s1. The van der Waals surface area contributed by atoms with E-state index in [9.17, 15) is 13.6 Å². The first-order chi connectivity index (χ1) is 12.2. The van der Waals surface area contributed by atoms with Gasteiger partial charge in [0.2, 0.25) is 0 Å². The summed E-state index contributed by atoms with van der Waals surface area (Å²) in [5, 5.41) is 4.12. The molecule has 2 aromatic rings. The number of carbonyl (C=O) groups excluding carboxylic acids is 1. The van der Waals surface area contributed by atoms with E-state index in [0.29, 0.717) is 18.8 Å². The molecular weight excluding hydrogens is 344 g/mol. The number of hydrogen-bond acceptors (Lipinski definition) is 5. The smallest absolute Gasteiger partial charge is 0.410 e. The number of aromatic nitrogens is 4. The summed E-state index contributed by atoms with van der Waals surface area (Å²) in [6.45, 7) is 8.42. The van der Waals surface area contributed by atoms with Gasteiger partial charge in [-0.3, -0.25) is 0 Å². The molecule has 0 saturated carbocycles. The molecule has 7 nitrogen and oxygen atoms in total. The van der Waals surface area contributed by atoms with Crippen LogP contribution in [0.25, 0.3) is 5.78 Å². The molecule has 26 heavy (non-hydrogen) atoms. The maximum atomic E-state index is 13.2. The van der Waals surface area contributed by atoms with Gasteiger partial charge in [-0.15, -0.1) is 0 Å². The maximum Gasteiger partial charge on any atom is 0.410 e. The third kappa shape index (κ3) is 3.76. The van der Waals surface area contributed by atoms with Crippen molar-refractivity contribution in [3.8, 4) is 0 Å². The van der Waals surface area contributed by atoms with E-state index < -0.39 is 18.1 Å². The zero-order chi connectivity index (χ0) is 19.1. The zero-order valence-corrected chi connectivity index (χ0v) is 15.3. The average molecular weight is 367 g/mol. The fourth-order valence-electron chi connectivity index (χ4n) is 3.18. The minimum absolute atomic E-state index is 0.138. The first-order valence-electron chi connectivity index (χ1n) is 8.62. The minimum atomic E-state index is -2.70. The van der Waals surface area contributed by atoms with Crippen molar-refractivity contribution in [3.05, 3.63) is 23.8 Å². The second-order valence-corrected chi connectivity index (χ2v) is 7.68. The Labute approximate surface area is 150 Å². The van der Waals surface area contributed by atoms with Crippen LogP contribution in [0.5, 0.6) is 0 Å². The highest BCUT2D eigenvalue weighted by molar-refractivity contribution is 5.68. The van der Waals surface area contributed by atoms with E-state index in [-0.39, 0.29) is 23.3 Å². The van der Waals surface area contributed by atoms with Crippen LogP contribution in [0.1, 0.15) is 57.8 Å². The first kappa shape index (κ1) is 18.5. The fourth-order valence-corrected chi connectivity index (χ4v) is 3.18. The summed E-state index contributed by atoms with van der Waals surface area (Å²) in [6.07, 6.45) is -1.06. The lowest BCUT2D eigenvalue weighted by Gasteiger charge is -2.37. The van der Waals surface area contributed by atoms with Crippen LogP contribution in [0.15, 0.2) is 12.4 Å². The van der Waals surface area contributed by atoms with E-state index in [1.807, 2.05) is 27.7 Å². The molecule has 142 valence electrons. The Bertz CT molecular complexity index is 802. The van der Waals surface area contributed by atoms with E-state index in [0.717, 1.165) is 6.42 Å². The Morgan fingerprint density at radius 1 is 1.38 bits per heavy atom. The van der Waals surface area contributed by atoms with Gasteiger partial charge in [0.1, 0.15) is 17.6 Å². The van der Waals surface area contributed by atoms with Gasteiger partial charge < -0.3 is 9.64 Å². The number of likely N-dealkylation sites (tertiary alicyclic amines) is 1. The number of rotatable bonds is 2. The second-order valence-electron chi connectivity index (χ2n) is 7.68. The molecule has 1 fully saturated rings. The van der Waals surface area contributed by atoms with Gasteiger partial charge in [0.25, 0.3) is 12.2 Å². The van der Waals surface area contributed by atoms with Gasteiger partial charge in [-0.25, -0.2) is 23.1 Å². The third-order valence-electron chi connectivity index (χ3n) is 4.51. The number of amides is 1. The van der Waals surface area contributed by atoms with E-state index in [1.165, 1.54) is 16.9 Å². The van der Waals surface area contributed by atoms with Gasteiger partial charge in [-0.2, -0.15) is 10.1 Å². The predicted molar refractivity (Wildman–Crippen MR) is 90.1 cm³/mol. The summed E-state index contributed by atoms with van der Waals surface area (Å²) in [7, 11) is 0. The lowest BCUT2D eigenvalue weighted by Crippen LogP contribution is -2.45. The summed E-state index contributed by atoms with van der Waals surface area (Å²) < 4.78 is 33.4. The van der Waals surface area contributed by atoms with Crippen molar-refractivity contribution in [1.82, 2.24) is 24.5 Å². The SMILES string of the molecule is C[C@H]1CCN(C(=O)OC(C)(C)C)C[C@@H]1c1cc(C(F)F)nc2ncnn12. The van der Waals surface area contributed by atoms with Gasteiger partial charge >= 0.3 is 6.09 Å². The topological polar surface area (TPSA) is 72.6 Å². The summed E-state index contributed by atoms with van der Waals surface area (Å²) in [5.41, 5.74) is -0.334. The zero-order valence-electron chi connectivity index (χ0n) is 15.3. The van der Waals surface area contributed by atoms with Crippen molar-refractivity contribution in [2.45, 2.75) is 52.1 Å². The van der Waals surface area contributed by atoms with Crippen LogP contribution in [0.2, 0.25) is 0 Å². The average Bonchev–Trinajstić information content (AvgIpc) is 3.01. The molecule has 0 radical (unpaired) electrons. The van der Waals surface area contributed by atoms with Crippen LogP contribution in [-0.2, 0) is 4.74 Å². The normalized spacial score (nSPS) is 21.4. The number of fused-ring (bicyclic) bond motifs is 1. The van der Waals surface area contributed by atoms with Crippen LogP contribution < -0.4 is 0 Å². The Morgan fingerprint density at radius 2 is 2.12 bits per heavy atom. The number of halogens is 2. The lowest BCUT2D eigenvalue weighted by atomic mass is 9.84. The lowest BCUT2D eigenvalue weighted by molar-refractivity contribution is 0.0161. The number of piperidine rings is 1. The van der Waals surface area contributed by atoms with Crippen molar-refractivity contribution >= 4 is 11.9 Å². The molecular formula is C17H23F2N5O2.